The molecule has 126 valence electrons. The first-order valence-electron chi connectivity index (χ1n) is 6.76. The van der Waals surface area contributed by atoms with Gasteiger partial charge in [-0.25, -0.2) is 9.80 Å². The highest BCUT2D eigenvalue weighted by Crippen LogP contribution is 2.17. The molecule has 2 rings (SSSR count). The Kier molecular flexibility index (Phi) is 5.17. The minimum absolute atomic E-state index is 0.0620. The zero-order valence-electron chi connectivity index (χ0n) is 12.7. The van der Waals surface area contributed by atoms with Gasteiger partial charge in [0.25, 0.3) is 0 Å². The van der Waals surface area contributed by atoms with Crippen molar-refractivity contribution in [3.63, 3.8) is 0 Å². The third-order valence-electron chi connectivity index (χ3n) is 2.88. The first-order chi connectivity index (χ1) is 11.3. The number of benzene rings is 2. The molecule has 2 aromatic rings. The predicted octanol–water partition coefficient (Wildman–Crippen LogP) is 1.60. The maximum absolute atomic E-state index is 12.1. The van der Waals surface area contributed by atoms with Crippen LogP contribution in [0, 0.1) is 0 Å². The average Bonchev–Trinajstić information content (AvgIpc) is 2.53. The van der Waals surface area contributed by atoms with Crippen molar-refractivity contribution in [3.05, 3.63) is 60.2 Å². The number of amides is 2. The number of anilines is 1. The summed E-state index contributed by atoms with van der Waals surface area (Å²) in [7, 11) is -4.37. The third-order valence-corrected chi connectivity index (χ3v) is 3.70. The molecule has 0 unspecified atom stereocenters. The monoisotopic (exact) mass is 349 g/mol. The molecule has 8 nitrogen and oxygen atoms in total. The molecular formula is C15H15N3O5S. The smallest absolute Gasteiger partial charge is 0.370 e. The van der Waals surface area contributed by atoms with Gasteiger partial charge in [0.15, 0.2) is 5.78 Å². The number of rotatable bonds is 6. The quantitative estimate of drug-likeness (QED) is 0.606. The van der Waals surface area contributed by atoms with E-state index in [1.165, 1.54) is 43.3 Å². The Morgan fingerprint density at radius 3 is 2.33 bits per heavy atom. The largest absolute Gasteiger partial charge is 0.400 e. The minimum atomic E-state index is -4.37. The number of nitrogens with two attached hydrogens (primary N) is 1. The number of hydrogen-bond donors (Lipinski definition) is 2. The van der Waals surface area contributed by atoms with Gasteiger partial charge in [-0.1, -0.05) is 35.2 Å². The van der Waals surface area contributed by atoms with E-state index in [1.807, 2.05) is 4.83 Å². The lowest BCUT2D eigenvalue weighted by Gasteiger charge is -2.21. The molecule has 0 aliphatic rings. The molecule has 0 aliphatic heterocycles. The summed E-state index contributed by atoms with van der Waals surface area (Å²) in [4.78, 5) is 24.9. The van der Waals surface area contributed by atoms with Crippen LogP contribution in [-0.2, 0) is 10.3 Å². The maximum atomic E-state index is 12.1. The lowest BCUT2D eigenvalue weighted by Crippen LogP contribution is -2.50. The lowest BCUT2D eigenvalue weighted by molar-refractivity contribution is 0.101. The van der Waals surface area contributed by atoms with Gasteiger partial charge in [-0.2, -0.15) is 8.42 Å². The molecule has 0 aromatic heterocycles. The maximum Gasteiger partial charge on any atom is 0.400 e. The van der Waals surface area contributed by atoms with Crippen LogP contribution in [0.4, 0.5) is 10.5 Å². The molecule has 0 radical (unpaired) electrons. The fourth-order valence-electron chi connectivity index (χ4n) is 1.82. The Morgan fingerprint density at radius 1 is 1.08 bits per heavy atom. The Bertz CT molecular complexity index is 852. The van der Waals surface area contributed by atoms with Gasteiger partial charge >= 0.3 is 16.3 Å². The van der Waals surface area contributed by atoms with Crippen molar-refractivity contribution >= 4 is 27.8 Å². The van der Waals surface area contributed by atoms with E-state index in [2.05, 4.69) is 0 Å². The molecular weight excluding hydrogens is 334 g/mol. The van der Waals surface area contributed by atoms with E-state index < -0.39 is 16.3 Å². The fraction of sp³-hybridized carbons (Fsp3) is 0.0667. The van der Waals surface area contributed by atoms with Crippen molar-refractivity contribution in [2.45, 2.75) is 6.92 Å². The van der Waals surface area contributed by atoms with Crippen LogP contribution in [-0.4, -0.2) is 20.2 Å². The number of carbonyl (C=O) groups excluding carboxylic acids is 2. The summed E-state index contributed by atoms with van der Waals surface area (Å²) in [5, 5.41) is 0.574. The van der Waals surface area contributed by atoms with Crippen molar-refractivity contribution in [1.82, 2.24) is 4.83 Å². The van der Waals surface area contributed by atoms with E-state index in [0.29, 0.717) is 10.6 Å². The number of Topliss-reactive ketones (excluding diaryl/α,β-unsaturated/α-hetero) is 1. The Labute approximate surface area is 139 Å². The lowest BCUT2D eigenvalue weighted by atomic mass is 10.1. The highest BCUT2D eigenvalue weighted by atomic mass is 32.2. The van der Waals surface area contributed by atoms with Crippen molar-refractivity contribution in [3.8, 4) is 5.75 Å². The van der Waals surface area contributed by atoms with Gasteiger partial charge in [-0.15, -0.1) is 0 Å². The minimum Gasteiger partial charge on any atom is -0.370 e. The van der Waals surface area contributed by atoms with Gasteiger partial charge in [0.2, 0.25) is 0 Å². The molecule has 0 bridgehead atoms. The Hall–Kier alpha value is -2.91. The van der Waals surface area contributed by atoms with E-state index in [9.17, 15) is 18.0 Å². The predicted molar refractivity (Wildman–Crippen MR) is 87.6 cm³/mol. The van der Waals surface area contributed by atoms with Crippen molar-refractivity contribution in [2.24, 2.45) is 5.73 Å². The summed E-state index contributed by atoms with van der Waals surface area (Å²) in [5.74, 6) is -0.184. The van der Waals surface area contributed by atoms with Gasteiger partial charge in [-0.05, 0) is 31.2 Å². The van der Waals surface area contributed by atoms with E-state index >= 15 is 0 Å². The highest BCUT2D eigenvalue weighted by molar-refractivity contribution is 7.85. The van der Waals surface area contributed by atoms with Crippen LogP contribution in [0.2, 0.25) is 0 Å². The van der Waals surface area contributed by atoms with E-state index in [0.717, 1.165) is 0 Å². The molecule has 0 spiro atoms. The van der Waals surface area contributed by atoms with Crippen molar-refractivity contribution in [2.75, 3.05) is 5.01 Å². The molecule has 9 heteroatoms. The highest BCUT2D eigenvalue weighted by Gasteiger charge is 2.22. The zero-order chi connectivity index (χ0) is 17.7. The fourth-order valence-corrected chi connectivity index (χ4v) is 2.64. The van der Waals surface area contributed by atoms with Gasteiger partial charge in [0, 0.05) is 5.56 Å². The molecule has 0 saturated heterocycles. The first-order valence-corrected chi connectivity index (χ1v) is 8.17. The van der Waals surface area contributed by atoms with E-state index in [-0.39, 0.29) is 17.2 Å². The van der Waals surface area contributed by atoms with E-state index in [4.69, 9.17) is 9.92 Å². The van der Waals surface area contributed by atoms with Gasteiger partial charge in [0.05, 0.1) is 5.69 Å². The number of carbonyl (C=O) groups is 2. The number of nitrogens with one attached hydrogen (secondary N) is 1. The second-order valence-corrected chi connectivity index (χ2v) is 5.98. The summed E-state index contributed by atoms with van der Waals surface area (Å²) >= 11 is 0. The topological polar surface area (TPSA) is 119 Å². The number of ketones is 1. The second-order valence-electron chi connectivity index (χ2n) is 4.72. The van der Waals surface area contributed by atoms with Crippen LogP contribution in [0.5, 0.6) is 5.75 Å². The Balaban J connectivity index is 2.27. The number of nitrogens with zero attached hydrogens (tertiary/aromatic N) is 1. The molecule has 0 atom stereocenters. The number of primary amides is 1. The van der Waals surface area contributed by atoms with Crippen LogP contribution in [0.15, 0.2) is 54.6 Å². The third kappa shape index (κ3) is 4.54. The second kappa shape index (κ2) is 7.11. The SMILES string of the molecule is CC(=O)c1cccc(N(NS(=O)(=O)Oc2ccccc2)C(N)=O)c1. The number of para-hydroxylation sites is 1. The molecule has 3 N–H and O–H groups in total. The average molecular weight is 349 g/mol. The van der Waals surface area contributed by atoms with Crippen molar-refractivity contribution in [1.29, 1.82) is 0 Å². The summed E-state index contributed by atoms with van der Waals surface area (Å²) in [6.07, 6.45) is 0. The molecule has 0 aliphatic carbocycles. The molecule has 0 fully saturated rings. The molecule has 0 heterocycles. The zero-order valence-corrected chi connectivity index (χ0v) is 13.5. The van der Waals surface area contributed by atoms with Crippen LogP contribution < -0.4 is 19.8 Å². The summed E-state index contributed by atoms with van der Waals surface area (Å²) in [5.41, 5.74) is 5.59. The normalized spacial score (nSPS) is 10.9. The molecule has 2 aromatic carbocycles. The van der Waals surface area contributed by atoms with Crippen LogP contribution in [0.25, 0.3) is 0 Å². The van der Waals surface area contributed by atoms with Crippen molar-refractivity contribution < 1.29 is 22.2 Å². The van der Waals surface area contributed by atoms with Crippen LogP contribution >= 0.6 is 0 Å². The summed E-state index contributed by atoms with van der Waals surface area (Å²) < 4.78 is 28.9. The first kappa shape index (κ1) is 17.4. The van der Waals surface area contributed by atoms with Gasteiger partial charge in [-0.3, -0.25) is 4.79 Å². The molecule has 2 amide bonds. The molecule has 0 saturated carbocycles. The number of hydrazine groups is 1. The van der Waals surface area contributed by atoms with Gasteiger partial charge < -0.3 is 9.92 Å². The van der Waals surface area contributed by atoms with Crippen LogP contribution in [0.1, 0.15) is 17.3 Å². The van der Waals surface area contributed by atoms with Crippen LogP contribution in [0.3, 0.4) is 0 Å². The summed E-state index contributed by atoms with van der Waals surface area (Å²) in [6, 6.07) is 12.4. The van der Waals surface area contributed by atoms with E-state index in [1.54, 1.807) is 18.2 Å². The Morgan fingerprint density at radius 2 is 1.75 bits per heavy atom. The summed E-state index contributed by atoms with van der Waals surface area (Å²) in [6.45, 7) is 1.34. The number of urea groups is 1. The standard InChI is InChI=1S/C15H15N3O5S/c1-11(19)12-6-5-7-13(10-12)18(15(16)20)17-24(21,22)23-14-8-3-2-4-9-14/h2-10,17H,1H3,(H2,16,20). The molecule has 24 heavy (non-hydrogen) atoms. The van der Waals surface area contributed by atoms with Gasteiger partial charge in [0.1, 0.15) is 5.75 Å². The number of hydrogen-bond acceptors (Lipinski definition) is 5.